The average molecular weight is 384 g/mol. The number of halogens is 2. The smallest absolute Gasteiger partial charge is 0.256 e. The van der Waals surface area contributed by atoms with Crippen LogP contribution in [0.1, 0.15) is 0 Å². The third kappa shape index (κ3) is 2.79. The van der Waals surface area contributed by atoms with E-state index >= 15 is 0 Å². The first-order valence-corrected chi connectivity index (χ1v) is 8.36. The van der Waals surface area contributed by atoms with Gasteiger partial charge in [0.15, 0.2) is 16.8 Å². The van der Waals surface area contributed by atoms with Crippen molar-refractivity contribution in [3.63, 3.8) is 0 Å². The highest BCUT2D eigenvalue weighted by atomic mass is 35.5. The molecule has 0 aliphatic carbocycles. The Kier molecular flexibility index (Phi) is 4.06. The van der Waals surface area contributed by atoms with E-state index in [1.54, 1.807) is 30.6 Å². The molecule has 0 saturated carbocycles. The van der Waals surface area contributed by atoms with Gasteiger partial charge in [0.05, 0.1) is 10.5 Å². The molecule has 0 bridgehead atoms. The van der Waals surface area contributed by atoms with E-state index in [0.29, 0.717) is 21.8 Å². The Morgan fingerprint density at radius 1 is 1.04 bits per heavy atom. The van der Waals surface area contributed by atoms with Gasteiger partial charge in [-0.15, -0.1) is 0 Å². The Hall–Kier alpha value is -2.96. The fraction of sp³-hybridized carbons (Fsp3) is 0. The van der Waals surface area contributed by atoms with Crippen LogP contribution >= 0.6 is 23.2 Å². The van der Waals surface area contributed by atoms with Crippen LogP contribution in [-0.4, -0.2) is 19.5 Å². The largest absolute Gasteiger partial charge is 0.381 e. The van der Waals surface area contributed by atoms with Gasteiger partial charge in [0.1, 0.15) is 5.69 Å². The Balaban J connectivity index is 2.05. The van der Waals surface area contributed by atoms with Gasteiger partial charge in [-0.1, -0.05) is 35.3 Å². The van der Waals surface area contributed by atoms with Crippen LogP contribution in [0.4, 0.5) is 5.82 Å². The number of fused-ring (bicyclic) bond motifs is 1. The highest BCUT2D eigenvalue weighted by Crippen LogP contribution is 2.32. The lowest BCUT2D eigenvalue weighted by molar-refractivity contribution is 0.933. The van der Waals surface area contributed by atoms with Crippen LogP contribution in [0.5, 0.6) is 0 Å². The number of benzene rings is 1. The third-order valence-corrected chi connectivity index (χ3v) is 4.41. The van der Waals surface area contributed by atoms with Crippen molar-refractivity contribution in [1.29, 1.82) is 0 Å². The van der Waals surface area contributed by atoms with E-state index in [1.165, 1.54) is 10.6 Å². The van der Waals surface area contributed by atoms with Crippen molar-refractivity contribution in [2.45, 2.75) is 0 Å². The maximum Gasteiger partial charge on any atom is 0.256 e. The highest BCUT2D eigenvalue weighted by Gasteiger charge is 2.17. The van der Waals surface area contributed by atoms with Crippen molar-refractivity contribution in [2.75, 3.05) is 5.73 Å². The van der Waals surface area contributed by atoms with Crippen LogP contribution in [0, 0.1) is 0 Å². The first kappa shape index (κ1) is 16.5. The standard InChI is InChI=1S/C18H11Cl2N5O/c19-12-9-11(8-10-4-3-6-22-14(10)12)15-18(24-17(21)16(20)23-15)25-7-2-1-5-13(25)26/h1-9H,(H2,21,24). The summed E-state index contributed by atoms with van der Waals surface area (Å²) in [7, 11) is 0. The maximum absolute atomic E-state index is 12.3. The van der Waals surface area contributed by atoms with Crippen LogP contribution in [-0.2, 0) is 0 Å². The van der Waals surface area contributed by atoms with E-state index in [1.807, 2.05) is 18.2 Å². The van der Waals surface area contributed by atoms with Crippen LogP contribution in [0.3, 0.4) is 0 Å². The van der Waals surface area contributed by atoms with Gasteiger partial charge >= 0.3 is 0 Å². The van der Waals surface area contributed by atoms with Crippen molar-refractivity contribution in [2.24, 2.45) is 0 Å². The Morgan fingerprint density at radius 3 is 2.69 bits per heavy atom. The molecular weight excluding hydrogens is 373 g/mol. The van der Waals surface area contributed by atoms with Gasteiger partial charge in [0.2, 0.25) is 0 Å². The van der Waals surface area contributed by atoms with Gasteiger partial charge < -0.3 is 5.73 Å². The predicted molar refractivity (Wildman–Crippen MR) is 103 cm³/mol. The fourth-order valence-electron chi connectivity index (χ4n) is 2.67. The zero-order valence-electron chi connectivity index (χ0n) is 13.2. The summed E-state index contributed by atoms with van der Waals surface area (Å²) in [5.41, 5.74) is 7.27. The number of hydrogen-bond acceptors (Lipinski definition) is 5. The van der Waals surface area contributed by atoms with Crippen LogP contribution < -0.4 is 11.3 Å². The number of nitrogen functional groups attached to an aromatic ring is 1. The molecule has 0 aliphatic rings. The molecule has 2 N–H and O–H groups in total. The minimum atomic E-state index is -0.265. The van der Waals surface area contributed by atoms with Gasteiger partial charge in [0, 0.05) is 29.4 Å². The third-order valence-electron chi connectivity index (χ3n) is 3.84. The molecule has 4 aromatic rings. The van der Waals surface area contributed by atoms with Gasteiger partial charge in [-0.2, -0.15) is 0 Å². The summed E-state index contributed by atoms with van der Waals surface area (Å²) in [6.07, 6.45) is 3.26. The molecule has 0 spiro atoms. The summed E-state index contributed by atoms with van der Waals surface area (Å²) in [5, 5.41) is 1.34. The Bertz CT molecular complexity index is 1210. The summed E-state index contributed by atoms with van der Waals surface area (Å²) < 4.78 is 1.36. The predicted octanol–water partition coefficient (Wildman–Crippen LogP) is 3.73. The molecule has 6 nitrogen and oxygen atoms in total. The summed E-state index contributed by atoms with van der Waals surface area (Å²) in [5.74, 6) is 0.312. The average Bonchev–Trinajstić information content (AvgIpc) is 2.64. The Morgan fingerprint density at radius 2 is 1.88 bits per heavy atom. The quantitative estimate of drug-likeness (QED) is 0.569. The number of hydrogen-bond donors (Lipinski definition) is 1. The van der Waals surface area contributed by atoms with E-state index in [0.717, 1.165) is 5.39 Å². The van der Waals surface area contributed by atoms with Crippen molar-refractivity contribution in [3.05, 3.63) is 75.4 Å². The summed E-state index contributed by atoms with van der Waals surface area (Å²) in [6.45, 7) is 0. The first-order valence-electron chi connectivity index (χ1n) is 7.60. The topological polar surface area (TPSA) is 86.7 Å². The van der Waals surface area contributed by atoms with Crippen LogP contribution in [0.25, 0.3) is 28.0 Å². The molecule has 0 radical (unpaired) electrons. The molecule has 4 rings (SSSR count). The van der Waals surface area contributed by atoms with Crippen molar-refractivity contribution in [3.8, 4) is 17.1 Å². The van der Waals surface area contributed by atoms with E-state index in [2.05, 4.69) is 15.0 Å². The molecule has 128 valence electrons. The molecule has 26 heavy (non-hydrogen) atoms. The second-order valence-corrected chi connectivity index (χ2v) is 6.28. The molecule has 3 aromatic heterocycles. The number of nitrogens with two attached hydrogens (primary N) is 1. The lowest BCUT2D eigenvalue weighted by Crippen LogP contribution is -2.19. The number of aromatic nitrogens is 4. The second kappa shape index (κ2) is 6.40. The van der Waals surface area contributed by atoms with E-state index < -0.39 is 0 Å². The molecule has 3 heterocycles. The molecular formula is C18H11Cl2N5O. The number of rotatable bonds is 2. The lowest BCUT2D eigenvalue weighted by atomic mass is 10.1. The van der Waals surface area contributed by atoms with Crippen LogP contribution in [0.15, 0.2) is 59.7 Å². The molecule has 1 aromatic carbocycles. The Labute approximate surface area is 157 Å². The fourth-order valence-corrected chi connectivity index (χ4v) is 3.07. The van der Waals surface area contributed by atoms with Gasteiger partial charge in [-0.25, -0.2) is 9.97 Å². The van der Waals surface area contributed by atoms with E-state index in [-0.39, 0.29) is 22.3 Å². The van der Waals surface area contributed by atoms with Crippen molar-refractivity contribution < 1.29 is 0 Å². The zero-order chi connectivity index (χ0) is 18.3. The van der Waals surface area contributed by atoms with Gasteiger partial charge in [0.25, 0.3) is 5.56 Å². The molecule has 0 saturated heterocycles. The molecule has 0 aliphatic heterocycles. The van der Waals surface area contributed by atoms with E-state index in [9.17, 15) is 4.79 Å². The van der Waals surface area contributed by atoms with E-state index in [4.69, 9.17) is 28.9 Å². The van der Waals surface area contributed by atoms with Gasteiger partial charge in [-0.05, 0) is 24.3 Å². The second-order valence-electron chi connectivity index (χ2n) is 5.51. The molecule has 0 fully saturated rings. The molecule has 0 unspecified atom stereocenters. The highest BCUT2D eigenvalue weighted by molar-refractivity contribution is 6.35. The number of pyridine rings is 2. The minimum Gasteiger partial charge on any atom is -0.381 e. The first-order chi connectivity index (χ1) is 12.5. The molecule has 0 amide bonds. The van der Waals surface area contributed by atoms with Crippen molar-refractivity contribution in [1.82, 2.24) is 19.5 Å². The summed E-state index contributed by atoms with van der Waals surface area (Å²) in [6, 6.07) is 12.1. The maximum atomic E-state index is 12.3. The number of anilines is 1. The number of nitrogens with zero attached hydrogens (tertiary/aromatic N) is 4. The minimum absolute atomic E-state index is 0.0368. The lowest BCUT2D eigenvalue weighted by Gasteiger charge is -2.13. The SMILES string of the molecule is Nc1nc(-n2ccccc2=O)c(-c2cc(Cl)c3ncccc3c2)nc1Cl. The monoisotopic (exact) mass is 383 g/mol. The summed E-state index contributed by atoms with van der Waals surface area (Å²) >= 11 is 12.5. The summed E-state index contributed by atoms with van der Waals surface area (Å²) in [4.78, 5) is 25.2. The van der Waals surface area contributed by atoms with Gasteiger partial charge in [-0.3, -0.25) is 14.3 Å². The normalized spacial score (nSPS) is 11.0. The molecule has 8 heteroatoms. The van der Waals surface area contributed by atoms with Crippen LogP contribution in [0.2, 0.25) is 10.2 Å². The molecule has 0 atom stereocenters. The zero-order valence-corrected chi connectivity index (χ0v) is 14.7. The van der Waals surface area contributed by atoms with Crippen molar-refractivity contribution >= 4 is 39.9 Å².